The van der Waals surface area contributed by atoms with Gasteiger partial charge in [0.15, 0.2) is 0 Å². The van der Waals surface area contributed by atoms with Crippen LogP contribution in [0.5, 0.6) is 11.5 Å². The van der Waals surface area contributed by atoms with Gasteiger partial charge in [0.05, 0.1) is 12.2 Å². The van der Waals surface area contributed by atoms with Crippen LogP contribution in [0.4, 0.5) is 0 Å². The van der Waals surface area contributed by atoms with E-state index in [-0.39, 0.29) is 11.7 Å². The Morgan fingerprint density at radius 3 is 2.52 bits per heavy atom. The van der Waals surface area contributed by atoms with Gasteiger partial charge in [0.2, 0.25) is 0 Å². The first-order valence-electron chi connectivity index (χ1n) is 7.12. The van der Waals surface area contributed by atoms with Crippen LogP contribution in [-0.4, -0.2) is 23.8 Å². The first-order chi connectivity index (χ1) is 11.1. The van der Waals surface area contributed by atoms with Crippen molar-refractivity contribution in [2.45, 2.75) is 19.6 Å². The van der Waals surface area contributed by atoms with Gasteiger partial charge in [-0.25, -0.2) is 4.79 Å². The van der Waals surface area contributed by atoms with E-state index in [0.717, 1.165) is 5.56 Å². The normalized spacial score (nSPS) is 11.7. The summed E-state index contributed by atoms with van der Waals surface area (Å²) in [7, 11) is 2.16. The molecule has 0 radical (unpaired) electrons. The van der Waals surface area contributed by atoms with E-state index in [1.54, 1.807) is 6.07 Å². The molecule has 0 amide bonds. The molecule has 0 aliphatic carbocycles. The molecule has 2 aromatic rings. The fourth-order valence-electron chi connectivity index (χ4n) is 1.99. The Hall–Kier alpha value is -2.10. The predicted molar refractivity (Wildman–Crippen MR) is 89.9 cm³/mol. The third-order valence-corrected chi connectivity index (χ3v) is 3.24. The summed E-state index contributed by atoms with van der Waals surface area (Å²) in [6.45, 7) is 2.57. The number of rotatable bonds is 8. The second-order valence-corrected chi connectivity index (χ2v) is 5.37. The zero-order valence-electron chi connectivity index (χ0n) is 12.8. The van der Waals surface area contributed by atoms with Crippen molar-refractivity contribution >= 4 is 15.4 Å². The Labute approximate surface area is 137 Å². The standard InChI is InChI=1S/C17H19O5P/c1-12(10-21-23)22-16-8-14(17(18)19)7-15(9-16)20-11-13-5-3-2-4-6-13/h2-9,12H,10-11,23H2,1H3,(H,18,19)/t12-/m0/s1. The van der Waals surface area contributed by atoms with Crippen LogP contribution in [0.15, 0.2) is 48.5 Å². The van der Waals surface area contributed by atoms with Crippen molar-refractivity contribution < 1.29 is 23.9 Å². The van der Waals surface area contributed by atoms with Crippen LogP contribution in [0.25, 0.3) is 0 Å². The van der Waals surface area contributed by atoms with Gasteiger partial charge in [-0.15, -0.1) is 0 Å². The Kier molecular flexibility index (Phi) is 6.39. The molecular weight excluding hydrogens is 315 g/mol. The largest absolute Gasteiger partial charge is 0.489 e. The van der Waals surface area contributed by atoms with Gasteiger partial charge in [-0.2, -0.15) is 0 Å². The average molecular weight is 334 g/mol. The molecule has 0 spiro atoms. The lowest BCUT2D eigenvalue weighted by atomic mass is 10.2. The van der Waals surface area contributed by atoms with E-state index in [2.05, 4.69) is 9.47 Å². The van der Waals surface area contributed by atoms with Crippen molar-refractivity contribution in [3.8, 4) is 11.5 Å². The van der Waals surface area contributed by atoms with Gasteiger partial charge in [-0.3, -0.25) is 0 Å². The molecule has 0 heterocycles. The lowest BCUT2D eigenvalue weighted by Gasteiger charge is -2.15. The maximum absolute atomic E-state index is 11.3. The third-order valence-electron chi connectivity index (χ3n) is 3.04. The number of benzene rings is 2. The number of hydrogen-bond acceptors (Lipinski definition) is 4. The highest BCUT2D eigenvalue weighted by Gasteiger charge is 2.11. The molecule has 0 bridgehead atoms. The highest BCUT2D eigenvalue weighted by Crippen LogP contribution is 2.25. The first-order valence-corrected chi connectivity index (χ1v) is 7.59. The third kappa shape index (κ3) is 5.55. The van der Waals surface area contributed by atoms with Gasteiger partial charge < -0.3 is 19.1 Å². The van der Waals surface area contributed by atoms with Crippen molar-refractivity contribution in [1.29, 1.82) is 0 Å². The van der Waals surface area contributed by atoms with Crippen LogP contribution < -0.4 is 9.47 Å². The number of aromatic carboxylic acids is 1. The van der Waals surface area contributed by atoms with Gasteiger partial charge in [0.1, 0.15) is 24.2 Å². The maximum Gasteiger partial charge on any atom is 0.335 e. The summed E-state index contributed by atoms with van der Waals surface area (Å²) < 4.78 is 16.3. The molecule has 0 saturated heterocycles. The second kappa shape index (κ2) is 8.51. The molecule has 23 heavy (non-hydrogen) atoms. The van der Waals surface area contributed by atoms with Crippen molar-refractivity contribution in [2.24, 2.45) is 0 Å². The van der Waals surface area contributed by atoms with E-state index in [0.29, 0.717) is 24.7 Å². The molecule has 0 saturated carbocycles. The molecule has 2 atom stereocenters. The van der Waals surface area contributed by atoms with Crippen molar-refractivity contribution in [3.05, 3.63) is 59.7 Å². The first kappa shape index (κ1) is 17.3. The van der Waals surface area contributed by atoms with E-state index in [9.17, 15) is 9.90 Å². The lowest BCUT2D eigenvalue weighted by molar-refractivity contribution is 0.0695. The monoisotopic (exact) mass is 334 g/mol. The summed E-state index contributed by atoms with van der Waals surface area (Å²) in [5, 5.41) is 9.22. The number of carbonyl (C=O) groups is 1. The fourth-order valence-corrected chi connectivity index (χ4v) is 2.26. The molecule has 1 N–H and O–H groups in total. The number of ether oxygens (including phenoxy) is 2. The summed E-state index contributed by atoms with van der Waals surface area (Å²) in [6.07, 6.45) is -0.210. The van der Waals surface area contributed by atoms with E-state index in [1.165, 1.54) is 12.1 Å². The number of carboxylic acids is 1. The summed E-state index contributed by atoms with van der Waals surface area (Å²) in [4.78, 5) is 11.3. The van der Waals surface area contributed by atoms with Gasteiger partial charge in [-0.05, 0) is 24.6 Å². The molecule has 122 valence electrons. The lowest BCUT2D eigenvalue weighted by Crippen LogP contribution is -2.17. The van der Waals surface area contributed by atoms with Crippen molar-refractivity contribution in [3.63, 3.8) is 0 Å². The SMILES string of the molecule is C[C@@H](COP)Oc1cc(OCc2ccccc2)cc(C(=O)O)c1. The molecule has 0 aromatic heterocycles. The predicted octanol–water partition coefficient (Wildman–Crippen LogP) is 3.54. The minimum Gasteiger partial charge on any atom is -0.489 e. The van der Waals surface area contributed by atoms with Crippen LogP contribution in [-0.2, 0) is 11.1 Å². The van der Waals surface area contributed by atoms with Crippen LogP contribution in [0, 0.1) is 0 Å². The minimum absolute atomic E-state index is 0.115. The fraction of sp³-hybridized carbons (Fsp3) is 0.235. The highest BCUT2D eigenvalue weighted by atomic mass is 31.0. The van der Waals surface area contributed by atoms with E-state index in [1.807, 2.05) is 37.3 Å². The molecule has 1 unspecified atom stereocenters. The van der Waals surface area contributed by atoms with Crippen LogP contribution in [0.3, 0.4) is 0 Å². The second-order valence-electron chi connectivity index (χ2n) is 5.03. The van der Waals surface area contributed by atoms with Crippen molar-refractivity contribution in [2.75, 3.05) is 6.61 Å². The highest BCUT2D eigenvalue weighted by molar-refractivity contribution is 7.09. The quantitative estimate of drug-likeness (QED) is 0.748. The van der Waals surface area contributed by atoms with Crippen LogP contribution in [0.2, 0.25) is 0 Å². The van der Waals surface area contributed by atoms with E-state index >= 15 is 0 Å². The van der Waals surface area contributed by atoms with Crippen molar-refractivity contribution in [1.82, 2.24) is 0 Å². The Bertz CT molecular complexity index is 645. The Morgan fingerprint density at radius 1 is 1.17 bits per heavy atom. The van der Waals surface area contributed by atoms with Gasteiger partial charge >= 0.3 is 5.97 Å². The maximum atomic E-state index is 11.3. The Balaban J connectivity index is 2.14. The number of hydrogen-bond donors (Lipinski definition) is 1. The average Bonchev–Trinajstić information content (AvgIpc) is 2.54. The van der Waals surface area contributed by atoms with Gasteiger partial charge in [-0.1, -0.05) is 30.3 Å². The van der Waals surface area contributed by atoms with Gasteiger partial charge in [0, 0.05) is 15.5 Å². The topological polar surface area (TPSA) is 65.0 Å². The molecule has 2 aromatic carbocycles. The molecule has 2 rings (SSSR count). The molecule has 0 fully saturated rings. The van der Waals surface area contributed by atoms with E-state index < -0.39 is 5.97 Å². The minimum atomic E-state index is -1.03. The van der Waals surface area contributed by atoms with Crippen LogP contribution >= 0.6 is 9.47 Å². The Morgan fingerprint density at radius 2 is 1.87 bits per heavy atom. The number of carboxylic acid groups (broad SMARTS) is 1. The molecule has 5 nitrogen and oxygen atoms in total. The van der Waals surface area contributed by atoms with Gasteiger partial charge in [0.25, 0.3) is 0 Å². The molecule has 0 aliphatic heterocycles. The summed E-state index contributed by atoms with van der Waals surface area (Å²) in [5.41, 5.74) is 1.12. The zero-order chi connectivity index (χ0) is 16.7. The summed E-state index contributed by atoms with van der Waals surface area (Å²) in [5.74, 6) is -0.153. The van der Waals surface area contributed by atoms with E-state index in [4.69, 9.17) is 14.0 Å². The molecule has 0 aliphatic rings. The summed E-state index contributed by atoms with van der Waals surface area (Å²) in [6, 6.07) is 14.3. The molecule has 6 heteroatoms. The zero-order valence-corrected chi connectivity index (χ0v) is 13.9. The molecular formula is C17H19O5P. The van der Waals surface area contributed by atoms with Crippen LogP contribution in [0.1, 0.15) is 22.8 Å². The summed E-state index contributed by atoms with van der Waals surface area (Å²) >= 11 is 0. The smallest absolute Gasteiger partial charge is 0.335 e.